The fraction of sp³-hybridized carbons (Fsp3) is 0.367. The van der Waals surface area contributed by atoms with Gasteiger partial charge in [0.25, 0.3) is 5.56 Å². The van der Waals surface area contributed by atoms with E-state index in [-0.39, 0.29) is 6.54 Å². The number of esters is 1. The van der Waals surface area contributed by atoms with Gasteiger partial charge in [-0.2, -0.15) is 0 Å². The first kappa shape index (κ1) is 29.0. The Bertz CT molecular complexity index is 1600. The molecule has 39 heavy (non-hydrogen) atoms. The number of benzene rings is 2. The molecule has 206 valence electrons. The Kier molecular flexibility index (Phi) is 8.35. The van der Waals surface area contributed by atoms with Gasteiger partial charge >= 0.3 is 11.7 Å². The fourth-order valence-electron chi connectivity index (χ4n) is 4.33. The molecule has 1 atom stereocenters. The van der Waals surface area contributed by atoms with E-state index in [0.29, 0.717) is 22.4 Å². The number of aryl methyl sites for hydroxylation is 1. The number of hydrogen-bond donors (Lipinski definition) is 0. The molecule has 0 radical (unpaired) electrons. The molecule has 0 spiro atoms. The smallest absolute Gasteiger partial charge is 0.333 e. The number of thiophene rings is 1. The molecule has 7 nitrogen and oxygen atoms in total. The van der Waals surface area contributed by atoms with Gasteiger partial charge in [0.15, 0.2) is 0 Å². The minimum absolute atomic E-state index is 0.142. The van der Waals surface area contributed by atoms with Crippen molar-refractivity contribution in [1.82, 2.24) is 9.13 Å². The molecule has 4 aromatic rings. The van der Waals surface area contributed by atoms with Crippen molar-refractivity contribution in [2.75, 3.05) is 0 Å². The lowest BCUT2D eigenvalue weighted by Crippen LogP contribution is -2.54. The van der Waals surface area contributed by atoms with Crippen molar-refractivity contribution in [3.63, 3.8) is 0 Å². The zero-order chi connectivity index (χ0) is 28.5. The third kappa shape index (κ3) is 6.10. The van der Waals surface area contributed by atoms with Gasteiger partial charge in [0, 0.05) is 0 Å². The number of carbonyl (C=O) groups excluding carboxylic acids is 1. The third-order valence-corrected chi connectivity index (χ3v) is 8.61. The van der Waals surface area contributed by atoms with Crippen molar-refractivity contribution in [3.05, 3.63) is 102 Å². The van der Waals surface area contributed by atoms with E-state index in [1.165, 1.54) is 25.2 Å². The molecular weight excluding hydrogens is 580 g/mol. The number of rotatable bonds is 8. The van der Waals surface area contributed by atoms with Crippen LogP contribution in [0.25, 0.3) is 10.2 Å². The molecule has 1 unspecified atom stereocenters. The topological polar surface area (TPSA) is 79.5 Å². The highest BCUT2D eigenvalue weighted by atomic mass is 79.9. The maximum absolute atomic E-state index is 14.1. The number of carbonyl (C=O) groups is 1. The number of hydrogen-bond acceptors (Lipinski definition) is 6. The summed E-state index contributed by atoms with van der Waals surface area (Å²) < 4.78 is 15.3. The van der Waals surface area contributed by atoms with Gasteiger partial charge in [-0.3, -0.25) is 9.36 Å². The summed E-state index contributed by atoms with van der Waals surface area (Å²) in [5.74, 6) is -0.660. The lowest BCUT2D eigenvalue weighted by Gasteiger charge is -2.30. The van der Waals surface area contributed by atoms with Crippen LogP contribution in [0.1, 0.15) is 57.4 Å². The summed E-state index contributed by atoms with van der Waals surface area (Å²) in [7, 11) is 0. The van der Waals surface area contributed by atoms with Crippen LogP contribution in [0.4, 0.5) is 0 Å². The zero-order valence-corrected chi connectivity index (χ0v) is 25.4. The van der Waals surface area contributed by atoms with Crippen molar-refractivity contribution in [2.24, 2.45) is 0 Å². The Morgan fingerprint density at radius 3 is 2.15 bits per heavy atom. The van der Waals surface area contributed by atoms with Crippen LogP contribution in [0.3, 0.4) is 0 Å². The number of halogens is 1. The van der Waals surface area contributed by atoms with E-state index in [1.807, 2.05) is 67.6 Å². The first-order valence-electron chi connectivity index (χ1n) is 12.7. The van der Waals surface area contributed by atoms with Crippen molar-refractivity contribution in [1.29, 1.82) is 0 Å². The largest absolute Gasteiger partial charge is 0.458 e. The molecule has 0 aliphatic heterocycles. The first-order chi connectivity index (χ1) is 18.3. The minimum Gasteiger partial charge on any atom is -0.458 e. The Morgan fingerprint density at radius 1 is 0.974 bits per heavy atom. The lowest BCUT2D eigenvalue weighted by molar-refractivity contribution is -0.164. The fourth-order valence-corrected chi connectivity index (χ4v) is 6.01. The molecule has 0 aliphatic rings. The summed E-state index contributed by atoms with van der Waals surface area (Å²) in [6.07, 6.45) is -0.496. The molecule has 9 heteroatoms. The van der Waals surface area contributed by atoms with Gasteiger partial charge in [-0.25, -0.2) is 14.2 Å². The van der Waals surface area contributed by atoms with Crippen LogP contribution in [0.15, 0.2) is 74.0 Å². The van der Waals surface area contributed by atoms with Crippen LogP contribution in [-0.4, -0.2) is 20.7 Å². The van der Waals surface area contributed by atoms with E-state index in [0.717, 1.165) is 19.5 Å². The quantitative estimate of drug-likeness (QED) is 0.217. The summed E-state index contributed by atoms with van der Waals surface area (Å²) in [5, 5.41) is 0.387. The van der Waals surface area contributed by atoms with E-state index in [9.17, 15) is 14.4 Å². The van der Waals surface area contributed by atoms with Crippen molar-refractivity contribution >= 4 is 43.5 Å². The zero-order valence-electron chi connectivity index (χ0n) is 23.0. The Morgan fingerprint density at radius 2 is 1.56 bits per heavy atom. The summed E-state index contributed by atoms with van der Waals surface area (Å²) in [4.78, 5) is 41.7. The summed E-state index contributed by atoms with van der Waals surface area (Å²) >= 11 is 4.87. The summed E-state index contributed by atoms with van der Waals surface area (Å²) in [6.45, 7) is 10.6. The van der Waals surface area contributed by atoms with Gasteiger partial charge in [-0.15, -0.1) is 11.3 Å². The van der Waals surface area contributed by atoms with Crippen LogP contribution in [0.2, 0.25) is 0 Å². The van der Waals surface area contributed by atoms with Crippen LogP contribution >= 0.6 is 27.3 Å². The van der Waals surface area contributed by atoms with Crippen LogP contribution in [0, 0.1) is 6.92 Å². The van der Waals surface area contributed by atoms with Gasteiger partial charge in [0.1, 0.15) is 22.1 Å². The molecule has 0 amide bonds. The molecule has 2 aromatic heterocycles. The number of aromatic nitrogens is 2. The second-order valence-electron chi connectivity index (χ2n) is 11.0. The third-order valence-electron chi connectivity index (χ3n) is 6.43. The number of nitrogens with zero attached hydrogens (tertiary/aromatic N) is 2. The molecule has 0 saturated heterocycles. The van der Waals surface area contributed by atoms with Gasteiger partial charge in [0.2, 0.25) is 0 Å². The van der Waals surface area contributed by atoms with Crippen LogP contribution in [-0.2, 0) is 33.0 Å². The molecule has 0 N–H and O–H groups in total. The number of ether oxygens (including phenoxy) is 2. The molecule has 0 bridgehead atoms. The first-order valence-corrected chi connectivity index (χ1v) is 14.3. The number of fused-ring (bicyclic) bond motifs is 1. The highest BCUT2D eigenvalue weighted by Gasteiger charge is 2.39. The van der Waals surface area contributed by atoms with Crippen molar-refractivity contribution in [3.8, 4) is 0 Å². The van der Waals surface area contributed by atoms with Crippen LogP contribution in [0.5, 0.6) is 0 Å². The highest BCUT2D eigenvalue weighted by molar-refractivity contribution is 9.11. The van der Waals surface area contributed by atoms with Crippen molar-refractivity contribution < 1.29 is 14.3 Å². The van der Waals surface area contributed by atoms with E-state index in [2.05, 4.69) is 15.9 Å². The lowest BCUT2D eigenvalue weighted by atomic mass is 10.0. The maximum atomic E-state index is 14.1. The average Bonchev–Trinajstić information content (AvgIpc) is 3.17. The molecule has 0 fully saturated rings. The molecule has 0 aliphatic carbocycles. The minimum atomic E-state index is -1.55. The predicted molar refractivity (Wildman–Crippen MR) is 158 cm³/mol. The molecular formula is C30H33BrN2O5S. The SMILES string of the molecule is Cc1c(Br)sc2c1c(=O)n(C(C)(C)C(=O)OC(C)(C)C)c(=O)n2CC(OCc1ccccc1)c1ccccc1. The normalized spacial score (nSPS) is 13.0. The van der Waals surface area contributed by atoms with Crippen molar-refractivity contribution in [2.45, 2.75) is 71.9 Å². The maximum Gasteiger partial charge on any atom is 0.333 e. The Hall–Kier alpha value is -3.01. The summed E-state index contributed by atoms with van der Waals surface area (Å²) in [6, 6.07) is 19.5. The molecule has 4 rings (SSSR count). The summed E-state index contributed by atoms with van der Waals surface area (Å²) in [5.41, 5.74) is -0.850. The van der Waals surface area contributed by atoms with E-state index in [4.69, 9.17) is 9.47 Å². The van der Waals surface area contributed by atoms with Gasteiger partial charge in [-0.1, -0.05) is 60.7 Å². The van der Waals surface area contributed by atoms with Gasteiger partial charge in [-0.05, 0) is 74.2 Å². The second kappa shape index (κ2) is 11.2. The van der Waals surface area contributed by atoms with E-state index >= 15 is 0 Å². The predicted octanol–water partition coefficient (Wildman–Crippen LogP) is 6.33. The van der Waals surface area contributed by atoms with Gasteiger partial charge < -0.3 is 9.47 Å². The second-order valence-corrected chi connectivity index (χ2v) is 13.3. The van der Waals surface area contributed by atoms with E-state index in [1.54, 1.807) is 25.3 Å². The van der Waals surface area contributed by atoms with Gasteiger partial charge in [0.05, 0.1) is 22.3 Å². The van der Waals surface area contributed by atoms with Crippen LogP contribution < -0.4 is 11.2 Å². The molecule has 2 heterocycles. The Labute approximate surface area is 240 Å². The van der Waals surface area contributed by atoms with E-state index < -0.39 is 34.5 Å². The standard InChI is InChI=1S/C30H33BrN2O5S/c1-19-23-25(34)33(30(5,6)27(35)38-29(2,3)4)28(36)32(26(23)39-24(19)31)17-22(21-15-11-8-12-16-21)37-18-20-13-9-7-10-14-20/h7-16,22H,17-18H2,1-6H3. The molecule has 2 aromatic carbocycles. The Balaban J connectivity index is 1.88. The average molecular weight is 614 g/mol. The monoisotopic (exact) mass is 612 g/mol. The molecule has 0 saturated carbocycles. The highest BCUT2D eigenvalue weighted by Crippen LogP contribution is 2.34.